The van der Waals surface area contributed by atoms with Crippen LogP contribution in [0.5, 0.6) is 0 Å². The van der Waals surface area contributed by atoms with Gasteiger partial charge in [-0.25, -0.2) is 9.97 Å². The van der Waals surface area contributed by atoms with Gasteiger partial charge < -0.3 is 15.5 Å². The van der Waals surface area contributed by atoms with E-state index in [0.29, 0.717) is 12.5 Å². The quantitative estimate of drug-likeness (QED) is 0.761. The number of amides is 1. The molecular weight excluding hydrogens is 364 g/mol. The van der Waals surface area contributed by atoms with Crippen LogP contribution in [0.25, 0.3) is 0 Å². The van der Waals surface area contributed by atoms with E-state index in [9.17, 15) is 4.79 Å². The van der Waals surface area contributed by atoms with Crippen LogP contribution in [-0.2, 0) is 17.8 Å². The molecule has 0 radical (unpaired) electrons. The molecule has 7 nitrogen and oxygen atoms in total. The summed E-state index contributed by atoms with van der Waals surface area (Å²) >= 11 is 0. The fraction of sp³-hybridized carbons (Fsp3) is 0.737. The highest BCUT2D eigenvalue weighted by Gasteiger charge is 2.26. The van der Waals surface area contributed by atoms with Crippen molar-refractivity contribution in [1.82, 2.24) is 25.1 Å². The van der Waals surface area contributed by atoms with Crippen LogP contribution in [-0.4, -0.2) is 72.0 Å². The predicted molar refractivity (Wildman–Crippen MR) is 111 cm³/mol. The molecule has 0 aromatic carbocycles. The Morgan fingerprint density at radius 2 is 1.96 bits per heavy atom. The number of rotatable bonds is 6. The van der Waals surface area contributed by atoms with Crippen LogP contribution >= 0.6 is 12.4 Å². The molecule has 1 amide bonds. The summed E-state index contributed by atoms with van der Waals surface area (Å²) in [6, 6.07) is 0. The second-order valence-corrected chi connectivity index (χ2v) is 7.16. The van der Waals surface area contributed by atoms with Gasteiger partial charge >= 0.3 is 0 Å². The van der Waals surface area contributed by atoms with E-state index in [1.54, 1.807) is 0 Å². The molecule has 152 valence electrons. The Hall–Kier alpha value is -1.44. The van der Waals surface area contributed by atoms with E-state index in [2.05, 4.69) is 15.5 Å². The molecule has 2 N–H and O–H groups in total. The lowest BCUT2D eigenvalue weighted by molar-refractivity contribution is -0.132. The van der Waals surface area contributed by atoms with Gasteiger partial charge in [-0.2, -0.15) is 0 Å². The van der Waals surface area contributed by atoms with Gasteiger partial charge in [0.25, 0.3) is 0 Å². The molecule has 0 saturated carbocycles. The van der Waals surface area contributed by atoms with Crippen molar-refractivity contribution in [2.75, 3.05) is 51.6 Å². The predicted octanol–water partition coefficient (Wildman–Crippen LogP) is 1.63. The molecule has 1 saturated heterocycles. The summed E-state index contributed by atoms with van der Waals surface area (Å²) in [6.07, 6.45) is 3.07. The molecular formula is C19H33ClN6O. The number of hydrogen-bond acceptors (Lipinski definition) is 6. The number of anilines is 1. The van der Waals surface area contributed by atoms with Gasteiger partial charge in [-0.05, 0) is 46.2 Å². The number of carbonyl (C=O) groups excluding carboxylic acids is 1. The van der Waals surface area contributed by atoms with E-state index >= 15 is 0 Å². The smallest absolute Gasteiger partial charge is 0.236 e. The molecule has 3 heterocycles. The first-order chi connectivity index (χ1) is 12.7. The molecule has 0 atom stereocenters. The summed E-state index contributed by atoms with van der Waals surface area (Å²) in [5.41, 5.74) is 2.31. The fourth-order valence-corrected chi connectivity index (χ4v) is 3.98. The van der Waals surface area contributed by atoms with E-state index in [0.717, 1.165) is 75.9 Å². The SMILES string of the molecule is CCN(CC)C(=O)CN1CCc2c(nc(C3CCNCC3)nc2NC)C1.Cl. The lowest BCUT2D eigenvalue weighted by Crippen LogP contribution is -2.42. The van der Waals surface area contributed by atoms with Gasteiger partial charge in [-0.1, -0.05) is 0 Å². The maximum atomic E-state index is 12.5. The van der Waals surface area contributed by atoms with Crippen LogP contribution in [0.15, 0.2) is 0 Å². The second-order valence-electron chi connectivity index (χ2n) is 7.16. The number of carbonyl (C=O) groups is 1. The van der Waals surface area contributed by atoms with Crippen molar-refractivity contribution in [3.8, 4) is 0 Å². The van der Waals surface area contributed by atoms with Gasteiger partial charge in [0.05, 0.1) is 12.2 Å². The molecule has 2 aliphatic heterocycles. The number of nitrogens with one attached hydrogen (secondary N) is 2. The first-order valence-corrected chi connectivity index (χ1v) is 9.94. The summed E-state index contributed by atoms with van der Waals surface area (Å²) in [6.45, 7) is 9.76. The highest BCUT2D eigenvalue weighted by Crippen LogP contribution is 2.28. The maximum absolute atomic E-state index is 12.5. The number of aromatic nitrogens is 2. The third-order valence-corrected chi connectivity index (χ3v) is 5.58. The van der Waals surface area contributed by atoms with Gasteiger partial charge in [0, 0.05) is 44.7 Å². The van der Waals surface area contributed by atoms with Gasteiger partial charge in [-0.15, -0.1) is 12.4 Å². The number of likely N-dealkylation sites (N-methyl/N-ethyl adjacent to an activating group) is 1. The molecule has 1 aromatic rings. The van der Waals surface area contributed by atoms with Crippen LogP contribution in [0, 0.1) is 0 Å². The third-order valence-electron chi connectivity index (χ3n) is 5.58. The van der Waals surface area contributed by atoms with E-state index in [4.69, 9.17) is 9.97 Å². The van der Waals surface area contributed by atoms with Crippen molar-refractivity contribution in [2.24, 2.45) is 0 Å². The first-order valence-electron chi connectivity index (χ1n) is 9.94. The minimum atomic E-state index is 0. The molecule has 2 aliphatic rings. The molecule has 0 unspecified atom stereocenters. The molecule has 3 rings (SSSR count). The van der Waals surface area contributed by atoms with Crippen LogP contribution < -0.4 is 10.6 Å². The molecule has 8 heteroatoms. The van der Waals surface area contributed by atoms with Crippen molar-refractivity contribution < 1.29 is 4.79 Å². The summed E-state index contributed by atoms with van der Waals surface area (Å²) in [5, 5.41) is 6.67. The van der Waals surface area contributed by atoms with Crippen LogP contribution in [0.2, 0.25) is 0 Å². The Morgan fingerprint density at radius 1 is 1.26 bits per heavy atom. The highest BCUT2D eigenvalue weighted by molar-refractivity contribution is 5.85. The number of hydrogen-bond donors (Lipinski definition) is 2. The molecule has 0 aliphatic carbocycles. The molecule has 1 fully saturated rings. The number of nitrogens with zero attached hydrogens (tertiary/aromatic N) is 4. The lowest BCUT2D eigenvalue weighted by atomic mass is 9.96. The normalized spacial score (nSPS) is 17.7. The van der Waals surface area contributed by atoms with Crippen molar-refractivity contribution >= 4 is 24.1 Å². The van der Waals surface area contributed by atoms with E-state index in [-0.39, 0.29) is 18.3 Å². The molecule has 0 bridgehead atoms. The number of fused-ring (bicyclic) bond motifs is 1. The topological polar surface area (TPSA) is 73.4 Å². The average molecular weight is 397 g/mol. The summed E-state index contributed by atoms with van der Waals surface area (Å²) in [7, 11) is 1.94. The number of halogens is 1. The lowest BCUT2D eigenvalue weighted by Gasteiger charge is -2.31. The number of piperidine rings is 1. The second kappa shape index (κ2) is 10.2. The highest BCUT2D eigenvalue weighted by atomic mass is 35.5. The van der Waals surface area contributed by atoms with E-state index in [1.165, 1.54) is 5.56 Å². The van der Waals surface area contributed by atoms with Crippen molar-refractivity contribution in [3.05, 3.63) is 17.1 Å². The molecule has 1 aromatic heterocycles. The summed E-state index contributed by atoms with van der Waals surface area (Å²) < 4.78 is 0. The van der Waals surface area contributed by atoms with E-state index in [1.807, 2.05) is 25.8 Å². The Morgan fingerprint density at radius 3 is 2.59 bits per heavy atom. The first kappa shape index (κ1) is 21.9. The third kappa shape index (κ3) is 5.09. The zero-order chi connectivity index (χ0) is 18.5. The largest absolute Gasteiger partial charge is 0.373 e. The summed E-state index contributed by atoms with van der Waals surface area (Å²) in [4.78, 5) is 26.3. The summed E-state index contributed by atoms with van der Waals surface area (Å²) in [5.74, 6) is 2.58. The monoisotopic (exact) mass is 396 g/mol. The van der Waals surface area contributed by atoms with Crippen molar-refractivity contribution in [1.29, 1.82) is 0 Å². The van der Waals surface area contributed by atoms with Crippen LogP contribution in [0.4, 0.5) is 5.82 Å². The van der Waals surface area contributed by atoms with Crippen molar-refractivity contribution in [2.45, 2.75) is 45.6 Å². The Kier molecular flexibility index (Phi) is 8.26. The van der Waals surface area contributed by atoms with Crippen LogP contribution in [0.3, 0.4) is 0 Å². The maximum Gasteiger partial charge on any atom is 0.236 e. The Bertz CT molecular complexity index is 631. The van der Waals surface area contributed by atoms with Gasteiger partial charge in [0.2, 0.25) is 5.91 Å². The zero-order valence-corrected chi connectivity index (χ0v) is 17.6. The Labute approximate surface area is 168 Å². The van der Waals surface area contributed by atoms with Crippen molar-refractivity contribution in [3.63, 3.8) is 0 Å². The van der Waals surface area contributed by atoms with E-state index < -0.39 is 0 Å². The minimum Gasteiger partial charge on any atom is -0.373 e. The fourth-order valence-electron chi connectivity index (χ4n) is 3.98. The molecule has 0 spiro atoms. The van der Waals surface area contributed by atoms with Crippen LogP contribution in [0.1, 0.15) is 49.7 Å². The molecule has 27 heavy (non-hydrogen) atoms. The zero-order valence-electron chi connectivity index (χ0n) is 16.8. The standard InChI is InChI=1S/C19H32N6O.ClH/c1-4-25(5-2)17(26)13-24-11-8-15-16(12-24)22-18(23-19(15)20-3)14-6-9-21-10-7-14;/h14,21H,4-13H2,1-3H3,(H,20,22,23);1H. The Balaban J connectivity index is 0.00000261. The van der Waals surface area contributed by atoms with Gasteiger partial charge in [0.15, 0.2) is 0 Å². The van der Waals surface area contributed by atoms with Gasteiger partial charge in [0.1, 0.15) is 11.6 Å². The average Bonchev–Trinajstić information content (AvgIpc) is 2.68. The van der Waals surface area contributed by atoms with Gasteiger partial charge in [-0.3, -0.25) is 9.69 Å². The minimum absolute atomic E-state index is 0.